The highest BCUT2D eigenvalue weighted by atomic mass is 35.5. The first-order chi connectivity index (χ1) is 7.55. The molecule has 4 heteroatoms. The maximum absolute atomic E-state index is 11.1. The van der Waals surface area contributed by atoms with Crippen LogP contribution in [0.3, 0.4) is 0 Å². The lowest BCUT2D eigenvalue weighted by molar-refractivity contribution is 0.108. The molecule has 2 atom stereocenters. The molecule has 0 bridgehead atoms. The minimum Gasteiger partial charge on any atom is -0.275 e. The number of hydrogen-bond acceptors (Lipinski definition) is 2. The van der Waals surface area contributed by atoms with E-state index in [2.05, 4.69) is 12.0 Å². The van der Waals surface area contributed by atoms with Crippen LogP contribution in [0.4, 0.5) is 0 Å². The van der Waals surface area contributed by atoms with Gasteiger partial charge in [0.2, 0.25) is 0 Å². The Labute approximate surface area is 99.8 Å². The van der Waals surface area contributed by atoms with Gasteiger partial charge in [0.1, 0.15) is 0 Å². The molecule has 2 unspecified atom stereocenters. The van der Waals surface area contributed by atoms with Gasteiger partial charge in [0.05, 0.1) is 17.8 Å². The summed E-state index contributed by atoms with van der Waals surface area (Å²) < 4.78 is 1.97. The van der Waals surface area contributed by atoms with Crippen molar-refractivity contribution in [3.63, 3.8) is 0 Å². The molecule has 2 aliphatic carbocycles. The number of rotatable bonds is 3. The first kappa shape index (κ1) is 10.3. The average Bonchev–Trinajstić information content (AvgIpc) is 3.12. The summed E-state index contributed by atoms with van der Waals surface area (Å²) in [7, 11) is 0. The topological polar surface area (TPSA) is 34.9 Å². The zero-order chi connectivity index (χ0) is 11.5. The van der Waals surface area contributed by atoms with Crippen molar-refractivity contribution in [1.29, 1.82) is 0 Å². The van der Waals surface area contributed by atoms with Crippen LogP contribution in [0, 0.1) is 18.3 Å². The molecule has 2 aliphatic rings. The number of carbonyl (C=O) groups excluding carboxylic acids is 1. The second-order valence-corrected chi connectivity index (χ2v) is 5.62. The maximum atomic E-state index is 11.1. The van der Waals surface area contributed by atoms with Crippen LogP contribution in [0.5, 0.6) is 0 Å². The number of nitrogens with zero attached hydrogens (tertiary/aromatic N) is 2. The summed E-state index contributed by atoms with van der Waals surface area (Å²) in [4.78, 5) is 11.1. The molecular formula is C12H15ClN2O. The highest BCUT2D eigenvalue weighted by Crippen LogP contribution is 2.73. The molecule has 1 aromatic rings. The Hall–Kier alpha value is -0.830. The van der Waals surface area contributed by atoms with Crippen molar-refractivity contribution < 1.29 is 4.79 Å². The first-order valence-corrected chi connectivity index (χ1v) is 6.17. The molecule has 0 saturated heterocycles. The van der Waals surface area contributed by atoms with E-state index in [9.17, 15) is 4.79 Å². The summed E-state index contributed by atoms with van der Waals surface area (Å²) in [5, 5.41) is 3.89. The van der Waals surface area contributed by atoms with Gasteiger partial charge in [-0.25, -0.2) is 0 Å². The smallest absolute Gasteiger partial charge is 0.255 e. The van der Waals surface area contributed by atoms with Crippen LogP contribution < -0.4 is 0 Å². The van der Waals surface area contributed by atoms with E-state index in [0.717, 1.165) is 11.6 Å². The fourth-order valence-corrected chi connectivity index (χ4v) is 3.18. The van der Waals surface area contributed by atoms with Crippen LogP contribution >= 0.6 is 11.6 Å². The van der Waals surface area contributed by atoms with Crippen molar-refractivity contribution in [3.8, 4) is 0 Å². The largest absolute Gasteiger partial charge is 0.275 e. The number of hydrogen-bond donors (Lipinski definition) is 0. The fourth-order valence-electron chi connectivity index (χ4n) is 2.99. The second-order valence-electron chi connectivity index (χ2n) is 5.28. The van der Waals surface area contributed by atoms with Crippen LogP contribution in [0.15, 0.2) is 6.20 Å². The van der Waals surface area contributed by atoms with E-state index in [4.69, 9.17) is 11.6 Å². The molecule has 0 radical (unpaired) electrons. The van der Waals surface area contributed by atoms with Crippen LogP contribution in [-0.4, -0.2) is 15.0 Å². The van der Waals surface area contributed by atoms with E-state index in [1.807, 2.05) is 11.6 Å². The summed E-state index contributed by atoms with van der Waals surface area (Å²) in [6.45, 7) is 4.11. The number of halogens is 1. The highest BCUT2D eigenvalue weighted by Gasteiger charge is 2.64. The van der Waals surface area contributed by atoms with Gasteiger partial charge >= 0.3 is 0 Å². The van der Waals surface area contributed by atoms with E-state index in [0.29, 0.717) is 17.0 Å². The maximum Gasteiger partial charge on any atom is 0.255 e. The van der Waals surface area contributed by atoms with E-state index in [1.54, 1.807) is 6.20 Å². The lowest BCUT2D eigenvalue weighted by Gasteiger charge is -2.14. The van der Waals surface area contributed by atoms with Crippen LogP contribution in [0.2, 0.25) is 0 Å². The molecule has 3 rings (SSSR count). The molecule has 86 valence electrons. The van der Waals surface area contributed by atoms with E-state index < -0.39 is 5.24 Å². The predicted molar refractivity (Wildman–Crippen MR) is 61.6 cm³/mol. The lowest BCUT2D eigenvalue weighted by Crippen LogP contribution is -2.12. The van der Waals surface area contributed by atoms with Gasteiger partial charge in [0.25, 0.3) is 5.24 Å². The van der Waals surface area contributed by atoms with E-state index >= 15 is 0 Å². The third-order valence-electron chi connectivity index (χ3n) is 4.37. The Bertz CT molecular complexity index is 462. The Morgan fingerprint density at radius 1 is 1.69 bits per heavy atom. The summed E-state index contributed by atoms with van der Waals surface area (Å²) in [6.07, 6.45) is 5.67. The normalized spacial score (nSPS) is 26.8. The second kappa shape index (κ2) is 3.10. The third kappa shape index (κ3) is 1.34. The van der Waals surface area contributed by atoms with Gasteiger partial charge in [-0.15, -0.1) is 0 Å². The van der Waals surface area contributed by atoms with E-state index in [1.165, 1.54) is 19.3 Å². The number of aromatic nitrogens is 2. The standard InChI is InChI=1S/C12H15ClN2O/c1-7-9(11(13)16)6-14-15(7)8(2)10-5-12(10)3-4-12/h6,8,10H,3-5H2,1-2H3. The zero-order valence-electron chi connectivity index (χ0n) is 9.53. The summed E-state index contributed by atoms with van der Waals surface area (Å²) in [5.74, 6) is 0.754. The number of carbonyl (C=O) groups is 1. The summed E-state index contributed by atoms with van der Waals surface area (Å²) >= 11 is 5.50. The molecule has 0 aliphatic heterocycles. The zero-order valence-corrected chi connectivity index (χ0v) is 10.3. The molecule has 2 saturated carbocycles. The van der Waals surface area contributed by atoms with Gasteiger partial charge in [-0.05, 0) is 56.0 Å². The van der Waals surface area contributed by atoms with E-state index in [-0.39, 0.29) is 0 Å². The Morgan fingerprint density at radius 3 is 2.81 bits per heavy atom. The summed E-state index contributed by atoms with van der Waals surface area (Å²) in [6, 6.07) is 0.396. The molecule has 16 heavy (non-hydrogen) atoms. The molecular weight excluding hydrogens is 224 g/mol. The van der Waals surface area contributed by atoms with Gasteiger partial charge in [-0.2, -0.15) is 5.10 Å². The van der Waals surface area contributed by atoms with Gasteiger partial charge in [-0.1, -0.05) is 0 Å². The average molecular weight is 239 g/mol. The Balaban J connectivity index is 1.86. The summed E-state index contributed by atoms with van der Waals surface area (Å²) in [5.41, 5.74) is 2.09. The quantitative estimate of drug-likeness (QED) is 0.759. The van der Waals surface area contributed by atoms with Crippen molar-refractivity contribution in [2.24, 2.45) is 11.3 Å². The third-order valence-corrected chi connectivity index (χ3v) is 4.57. The van der Waals surface area contributed by atoms with Crippen LogP contribution in [0.1, 0.15) is 48.3 Å². The molecule has 3 nitrogen and oxygen atoms in total. The monoisotopic (exact) mass is 238 g/mol. The SMILES string of the molecule is Cc1c(C(=O)Cl)cnn1C(C)C1CC12CC2. The molecule has 0 N–H and O–H groups in total. The lowest BCUT2D eigenvalue weighted by atomic mass is 10.1. The Morgan fingerprint density at radius 2 is 2.38 bits per heavy atom. The van der Waals surface area contributed by atoms with Gasteiger partial charge < -0.3 is 0 Å². The first-order valence-electron chi connectivity index (χ1n) is 5.79. The molecule has 1 spiro atoms. The Kier molecular flexibility index (Phi) is 2.00. The molecule has 1 heterocycles. The minimum atomic E-state index is -0.409. The molecule has 1 aromatic heterocycles. The molecule has 0 amide bonds. The highest BCUT2D eigenvalue weighted by molar-refractivity contribution is 6.67. The fraction of sp³-hybridized carbons (Fsp3) is 0.667. The molecule has 2 fully saturated rings. The van der Waals surface area contributed by atoms with Gasteiger partial charge in [0, 0.05) is 5.69 Å². The van der Waals surface area contributed by atoms with Crippen molar-refractivity contribution in [2.75, 3.05) is 0 Å². The van der Waals surface area contributed by atoms with Crippen molar-refractivity contribution >= 4 is 16.8 Å². The van der Waals surface area contributed by atoms with Crippen LogP contribution in [0.25, 0.3) is 0 Å². The van der Waals surface area contributed by atoms with Crippen molar-refractivity contribution in [2.45, 2.75) is 39.2 Å². The van der Waals surface area contributed by atoms with Crippen molar-refractivity contribution in [3.05, 3.63) is 17.5 Å². The molecule has 0 aromatic carbocycles. The van der Waals surface area contributed by atoms with Crippen molar-refractivity contribution in [1.82, 2.24) is 9.78 Å². The van der Waals surface area contributed by atoms with Crippen LogP contribution in [-0.2, 0) is 0 Å². The van der Waals surface area contributed by atoms with Gasteiger partial charge in [0.15, 0.2) is 0 Å². The minimum absolute atomic E-state index is 0.396. The predicted octanol–water partition coefficient (Wildman–Crippen LogP) is 2.93. The van der Waals surface area contributed by atoms with Gasteiger partial charge in [-0.3, -0.25) is 9.48 Å².